The molecule has 0 unspecified atom stereocenters. The smallest absolute Gasteiger partial charge is 0.0429 e. The van der Waals surface area contributed by atoms with Crippen LogP contribution in [0.25, 0.3) is 0 Å². The number of fused-ring (bicyclic) bond motifs is 1. The van der Waals surface area contributed by atoms with Gasteiger partial charge in [-0.3, -0.25) is 0 Å². The third-order valence-corrected chi connectivity index (χ3v) is 3.92. The van der Waals surface area contributed by atoms with Crippen molar-refractivity contribution >= 4 is 5.69 Å². The average molecular weight is 251 g/mol. The third kappa shape index (κ3) is 2.65. The highest BCUT2D eigenvalue weighted by Gasteiger charge is 2.17. The Bertz CT molecular complexity index is 542. The second-order valence-corrected chi connectivity index (χ2v) is 5.37. The van der Waals surface area contributed by atoms with Crippen molar-refractivity contribution in [3.05, 3.63) is 65.2 Å². The average Bonchev–Trinajstić information content (AvgIpc) is 2.85. The molecule has 19 heavy (non-hydrogen) atoms. The Morgan fingerprint density at radius 3 is 2.47 bits per heavy atom. The topological polar surface area (TPSA) is 3.24 Å². The lowest BCUT2D eigenvalue weighted by atomic mass is 10.1. The number of benzene rings is 2. The summed E-state index contributed by atoms with van der Waals surface area (Å²) in [7, 11) is 0. The van der Waals surface area contributed by atoms with E-state index in [0.29, 0.717) is 0 Å². The molecule has 0 radical (unpaired) electrons. The number of para-hydroxylation sites is 1. The van der Waals surface area contributed by atoms with Gasteiger partial charge in [0.2, 0.25) is 0 Å². The molecule has 0 spiro atoms. The first-order valence-corrected chi connectivity index (χ1v) is 7.27. The summed E-state index contributed by atoms with van der Waals surface area (Å²) in [4.78, 5) is 2.49. The third-order valence-electron chi connectivity index (χ3n) is 3.92. The Morgan fingerprint density at radius 2 is 1.68 bits per heavy atom. The molecule has 3 rings (SSSR count). The number of nitrogens with zero attached hydrogens (tertiary/aromatic N) is 1. The second-order valence-electron chi connectivity index (χ2n) is 5.37. The van der Waals surface area contributed by atoms with E-state index in [-0.39, 0.29) is 0 Å². The van der Waals surface area contributed by atoms with Gasteiger partial charge >= 0.3 is 0 Å². The van der Waals surface area contributed by atoms with Crippen molar-refractivity contribution in [2.45, 2.75) is 32.7 Å². The largest absolute Gasteiger partial charge is 0.367 e. The molecule has 0 saturated heterocycles. The van der Waals surface area contributed by atoms with Crippen LogP contribution in [0.3, 0.4) is 0 Å². The van der Waals surface area contributed by atoms with E-state index in [1.807, 2.05) is 0 Å². The van der Waals surface area contributed by atoms with Gasteiger partial charge in [0.15, 0.2) is 0 Å². The minimum Gasteiger partial charge on any atom is -0.367 e. The summed E-state index contributed by atoms with van der Waals surface area (Å²) in [5.74, 6) is 0. The van der Waals surface area contributed by atoms with Gasteiger partial charge in [-0.05, 0) is 35.6 Å². The molecule has 1 heteroatoms. The van der Waals surface area contributed by atoms with Crippen LogP contribution in [0.4, 0.5) is 5.69 Å². The molecule has 2 aromatic carbocycles. The van der Waals surface area contributed by atoms with Gasteiger partial charge in [0.1, 0.15) is 0 Å². The molecule has 0 fully saturated rings. The lowest BCUT2D eigenvalue weighted by Crippen LogP contribution is -2.19. The molecule has 1 aliphatic rings. The van der Waals surface area contributed by atoms with E-state index < -0.39 is 0 Å². The molecule has 1 heterocycles. The number of aryl methyl sites for hydroxylation is 1. The summed E-state index contributed by atoms with van der Waals surface area (Å²) in [6.45, 7) is 4.41. The highest BCUT2D eigenvalue weighted by Crippen LogP contribution is 2.28. The van der Waals surface area contributed by atoms with Gasteiger partial charge in [0, 0.05) is 18.8 Å². The maximum atomic E-state index is 2.49. The minimum absolute atomic E-state index is 1.03. The van der Waals surface area contributed by atoms with E-state index >= 15 is 0 Å². The van der Waals surface area contributed by atoms with Crippen molar-refractivity contribution < 1.29 is 0 Å². The molecular formula is C18H21N. The molecule has 0 atom stereocenters. The fourth-order valence-corrected chi connectivity index (χ4v) is 2.89. The molecule has 0 amide bonds. The van der Waals surface area contributed by atoms with E-state index in [9.17, 15) is 0 Å². The molecular weight excluding hydrogens is 230 g/mol. The van der Waals surface area contributed by atoms with Crippen molar-refractivity contribution in [1.82, 2.24) is 0 Å². The molecule has 1 aliphatic heterocycles. The Hall–Kier alpha value is -1.76. The van der Waals surface area contributed by atoms with Crippen molar-refractivity contribution in [3.8, 4) is 0 Å². The van der Waals surface area contributed by atoms with E-state index in [0.717, 1.165) is 13.1 Å². The number of hydrogen-bond donors (Lipinski definition) is 0. The van der Waals surface area contributed by atoms with Gasteiger partial charge in [-0.25, -0.2) is 0 Å². The SMILES string of the molecule is CCCc1ccc(CN2CCc3ccccc32)cc1. The van der Waals surface area contributed by atoms with Gasteiger partial charge in [0.25, 0.3) is 0 Å². The van der Waals surface area contributed by atoms with Gasteiger partial charge in [-0.15, -0.1) is 0 Å². The van der Waals surface area contributed by atoms with Crippen LogP contribution in [0.15, 0.2) is 48.5 Å². The zero-order valence-corrected chi connectivity index (χ0v) is 11.6. The van der Waals surface area contributed by atoms with E-state index in [2.05, 4.69) is 60.4 Å². The molecule has 0 saturated carbocycles. The molecule has 0 aliphatic carbocycles. The Kier molecular flexibility index (Phi) is 3.54. The summed E-state index contributed by atoms with van der Waals surface area (Å²) >= 11 is 0. The minimum atomic E-state index is 1.03. The van der Waals surface area contributed by atoms with Gasteiger partial charge in [0.05, 0.1) is 0 Å². The zero-order valence-electron chi connectivity index (χ0n) is 11.6. The van der Waals surface area contributed by atoms with E-state index in [4.69, 9.17) is 0 Å². The standard InChI is InChI=1S/C18H21N/c1-2-5-15-8-10-16(11-9-15)14-19-13-12-17-6-3-4-7-18(17)19/h3-4,6-11H,2,5,12-14H2,1H3. The van der Waals surface area contributed by atoms with Gasteiger partial charge in [-0.2, -0.15) is 0 Å². The molecule has 0 bridgehead atoms. The highest BCUT2D eigenvalue weighted by atomic mass is 15.1. The van der Waals surface area contributed by atoms with Crippen LogP contribution < -0.4 is 4.90 Å². The van der Waals surface area contributed by atoms with Crippen LogP contribution in [0.2, 0.25) is 0 Å². The van der Waals surface area contributed by atoms with Crippen molar-refractivity contribution in [2.24, 2.45) is 0 Å². The monoisotopic (exact) mass is 251 g/mol. The van der Waals surface area contributed by atoms with Gasteiger partial charge in [-0.1, -0.05) is 55.8 Å². The first kappa shape index (κ1) is 12.3. The number of rotatable bonds is 4. The summed E-state index contributed by atoms with van der Waals surface area (Å²) in [5, 5.41) is 0. The van der Waals surface area contributed by atoms with Gasteiger partial charge < -0.3 is 4.90 Å². The predicted octanol–water partition coefficient (Wildman–Crippen LogP) is 4.20. The molecule has 98 valence electrons. The summed E-state index contributed by atoms with van der Waals surface area (Å²) in [5.41, 5.74) is 5.77. The quantitative estimate of drug-likeness (QED) is 0.787. The Balaban J connectivity index is 1.72. The van der Waals surface area contributed by atoms with Crippen LogP contribution in [0.1, 0.15) is 30.0 Å². The molecule has 2 aromatic rings. The summed E-state index contributed by atoms with van der Waals surface area (Å²) in [6, 6.07) is 17.9. The Labute approximate surface area is 115 Å². The van der Waals surface area contributed by atoms with E-state index in [1.165, 1.54) is 41.6 Å². The number of hydrogen-bond acceptors (Lipinski definition) is 1. The van der Waals surface area contributed by atoms with Crippen molar-refractivity contribution in [3.63, 3.8) is 0 Å². The summed E-state index contributed by atoms with van der Waals surface area (Å²) < 4.78 is 0. The maximum absolute atomic E-state index is 2.49. The fraction of sp³-hybridized carbons (Fsp3) is 0.333. The first-order valence-electron chi connectivity index (χ1n) is 7.27. The van der Waals surface area contributed by atoms with E-state index in [1.54, 1.807) is 0 Å². The maximum Gasteiger partial charge on any atom is 0.0429 e. The van der Waals surface area contributed by atoms with Crippen molar-refractivity contribution in [2.75, 3.05) is 11.4 Å². The summed E-state index contributed by atoms with van der Waals surface area (Å²) in [6.07, 6.45) is 3.59. The number of anilines is 1. The second kappa shape index (κ2) is 5.48. The lowest BCUT2D eigenvalue weighted by Gasteiger charge is -2.19. The molecule has 0 aromatic heterocycles. The first-order chi connectivity index (χ1) is 9.36. The van der Waals surface area contributed by atoms with Crippen LogP contribution in [0.5, 0.6) is 0 Å². The lowest BCUT2D eigenvalue weighted by molar-refractivity contribution is 0.834. The predicted molar refractivity (Wildman–Crippen MR) is 81.6 cm³/mol. The normalized spacial score (nSPS) is 13.6. The van der Waals surface area contributed by atoms with Crippen LogP contribution in [-0.4, -0.2) is 6.54 Å². The Morgan fingerprint density at radius 1 is 0.947 bits per heavy atom. The fourth-order valence-electron chi connectivity index (χ4n) is 2.89. The molecule has 0 N–H and O–H groups in total. The highest BCUT2D eigenvalue weighted by molar-refractivity contribution is 5.58. The van der Waals surface area contributed by atoms with Crippen LogP contribution in [0, 0.1) is 0 Å². The van der Waals surface area contributed by atoms with Crippen molar-refractivity contribution in [1.29, 1.82) is 0 Å². The van der Waals surface area contributed by atoms with Crippen LogP contribution in [-0.2, 0) is 19.4 Å². The van der Waals surface area contributed by atoms with Crippen LogP contribution >= 0.6 is 0 Å². The molecule has 1 nitrogen and oxygen atoms in total. The zero-order chi connectivity index (χ0) is 13.1.